The highest BCUT2D eigenvalue weighted by atomic mass is 79.9. The molecule has 0 heterocycles. The first-order valence-electron chi connectivity index (χ1n) is 4.98. The molecule has 0 aromatic heterocycles. The van der Waals surface area contributed by atoms with Gasteiger partial charge in [0.05, 0.1) is 13.7 Å². The molecule has 0 fully saturated rings. The largest absolute Gasteiger partial charge is 0.496 e. The lowest BCUT2D eigenvalue weighted by Crippen LogP contribution is -2.40. The molecule has 0 amide bonds. The third-order valence-electron chi connectivity index (χ3n) is 2.31. The summed E-state index contributed by atoms with van der Waals surface area (Å²) in [6, 6.07) is 5.98. The van der Waals surface area contributed by atoms with Crippen molar-refractivity contribution >= 4 is 15.9 Å². The van der Waals surface area contributed by atoms with Crippen LogP contribution in [0.25, 0.3) is 0 Å². The molecule has 0 aliphatic heterocycles. The Bertz CT molecular complexity index is 334. The number of rotatable bonds is 6. The second-order valence-corrected chi connectivity index (χ2v) is 4.39. The van der Waals surface area contributed by atoms with Crippen molar-refractivity contribution in [2.24, 2.45) is 5.84 Å². The van der Waals surface area contributed by atoms with Crippen molar-refractivity contribution in [2.45, 2.75) is 12.5 Å². The van der Waals surface area contributed by atoms with E-state index < -0.39 is 0 Å². The predicted octanol–water partition coefficient (Wildman–Crippen LogP) is 1.48. The van der Waals surface area contributed by atoms with Crippen molar-refractivity contribution in [1.29, 1.82) is 0 Å². The maximum absolute atomic E-state index is 5.45. The van der Waals surface area contributed by atoms with E-state index in [2.05, 4.69) is 21.4 Å². The lowest BCUT2D eigenvalue weighted by molar-refractivity contribution is 0.166. The van der Waals surface area contributed by atoms with Crippen LogP contribution in [-0.4, -0.2) is 26.9 Å². The van der Waals surface area contributed by atoms with Gasteiger partial charge in [0.25, 0.3) is 0 Å². The average Bonchev–Trinajstić information content (AvgIpc) is 2.29. The van der Waals surface area contributed by atoms with Crippen LogP contribution in [-0.2, 0) is 11.2 Å². The Kier molecular flexibility index (Phi) is 5.76. The zero-order chi connectivity index (χ0) is 12.0. The lowest BCUT2D eigenvalue weighted by Gasteiger charge is -2.16. The van der Waals surface area contributed by atoms with Gasteiger partial charge in [-0.1, -0.05) is 15.9 Å². The maximum atomic E-state index is 5.45. The number of nitrogens with two attached hydrogens (primary N) is 1. The van der Waals surface area contributed by atoms with Gasteiger partial charge in [-0.25, -0.2) is 0 Å². The van der Waals surface area contributed by atoms with Crippen molar-refractivity contribution in [2.75, 3.05) is 20.8 Å². The Labute approximate surface area is 104 Å². The Morgan fingerprint density at radius 1 is 1.44 bits per heavy atom. The number of nitrogens with one attached hydrogen (secondary N) is 1. The minimum absolute atomic E-state index is 0.0770. The van der Waals surface area contributed by atoms with Crippen molar-refractivity contribution < 1.29 is 9.47 Å². The molecule has 1 aromatic carbocycles. The SMILES string of the molecule is COCC(Cc1cc(Br)ccc1OC)NN. The highest BCUT2D eigenvalue weighted by molar-refractivity contribution is 9.10. The minimum atomic E-state index is 0.0770. The Balaban J connectivity index is 2.80. The number of methoxy groups -OCH3 is 2. The molecule has 0 saturated carbocycles. The van der Waals surface area contributed by atoms with Gasteiger partial charge in [-0.15, -0.1) is 0 Å². The fraction of sp³-hybridized carbons (Fsp3) is 0.455. The van der Waals surface area contributed by atoms with Crippen LogP contribution in [0.4, 0.5) is 0 Å². The summed E-state index contributed by atoms with van der Waals surface area (Å²) in [4.78, 5) is 0. The molecule has 0 radical (unpaired) electrons. The van der Waals surface area contributed by atoms with Crippen molar-refractivity contribution in [3.8, 4) is 5.75 Å². The Morgan fingerprint density at radius 3 is 2.75 bits per heavy atom. The number of hydrazine groups is 1. The molecule has 5 heteroatoms. The normalized spacial score (nSPS) is 12.5. The van der Waals surface area contributed by atoms with Gasteiger partial charge in [-0.2, -0.15) is 0 Å². The van der Waals surface area contributed by atoms with Crippen molar-refractivity contribution in [1.82, 2.24) is 5.43 Å². The van der Waals surface area contributed by atoms with Crippen LogP contribution in [0.15, 0.2) is 22.7 Å². The van der Waals surface area contributed by atoms with E-state index in [9.17, 15) is 0 Å². The number of halogens is 1. The average molecular weight is 289 g/mol. The van der Waals surface area contributed by atoms with Gasteiger partial charge < -0.3 is 9.47 Å². The molecule has 1 atom stereocenters. The molecular weight excluding hydrogens is 272 g/mol. The van der Waals surface area contributed by atoms with E-state index in [-0.39, 0.29) is 6.04 Å². The number of hydrogen-bond donors (Lipinski definition) is 2. The van der Waals surface area contributed by atoms with Crippen LogP contribution < -0.4 is 16.0 Å². The van der Waals surface area contributed by atoms with Gasteiger partial charge >= 0.3 is 0 Å². The van der Waals surface area contributed by atoms with Crippen LogP contribution in [0.3, 0.4) is 0 Å². The van der Waals surface area contributed by atoms with Crippen LogP contribution in [0, 0.1) is 0 Å². The van der Waals surface area contributed by atoms with Gasteiger partial charge in [0, 0.05) is 17.6 Å². The second kappa shape index (κ2) is 6.85. The highest BCUT2D eigenvalue weighted by Gasteiger charge is 2.11. The molecule has 0 bridgehead atoms. The van der Waals surface area contributed by atoms with E-state index in [0.717, 1.165) is 22.2 Å². The van der Waals surface area contributed by atoms with E-state index in [1.807, 2.05) is 18.2 Å². The summed E-state index contributed by atoms with van der Waals surface area (Å²) in [7, 11) is 3.32. The van der Waals surface area contributed by atoms with Gasteiger partial charge in [0.15, 0.2) is 0 Å². The monoisotopic (exact) mass is 288 g/mol. The summed E-state index contributed by atoms with van der Waals surface area (Å²) in [6.45, 7) is 0.562. The molecule has 3 N–H and O–H groups in total. The maximum Gasteiger partial charge on any atom is 0.122 e. The fourth-order valence-electron chi connectivity index (χ4n) is 1.54. The minimum Gasteiger partial charge on any atom is -0.496 e. The third-order valence-corrected chi connectivity index (χ3v) is 2.81. The number of ether oxygens (including phenoxy) is 2. The van der Waals surface area contributed by atoms with Crippen LogP contribution in [0.5, 0.6) is 5.75 Å². The Hall–Kier alpha value is -0.620. The summed E-state index contributed by atoms with van der Waals surface area (Å²) in [5.41, 5.74) is 3.82. The molecule has 0 aliphatic carbocycles. The third kappa shape index (κ3) is 3.75. The molecule has 1 unspecified atom stereocenters. The first-order chi connectivity index (χ1) is 7.71. The second-order valence-electron chi connectivity index (χ2n) is 3.48. The quantitative estimate of drug-likeness (QED) is 0.615. The van der Waals surface area contributed by atoms with Gasteiger partial charge in [0.2, 0.25) is 0 Å². The molecule has 4 nitrogen and oxygen atoms in total. The van der Waals surface area contributed by atoms with E-state index in [4.69, 9.17) is 15.3 Å². The van der Waals surface area contributed by atoms with E-state index >= 15 is 0 Å². The predicted molar refractivity (Wildman–Crippen MR) is 67.4 cm³/mol. The Morgan fingerprint density at radius 2 is 2.19 bits per heavy atom. The molecule has 0 spiro atoms. The fourth-order valence-corrected chi connectivity index (χ4v) is 1.95. The molecule has 0 aliphatic rings. The first-order valence-corrected chi connectivity index (χ1v) is 5.78. The first kappa shape index (κ1) is 13.4. The van der Waals surface area contributed by atoms with E-state index in [1.54, 1.807) is 14.2 Å². The zero-order valence-corrected chi connectivity index (χ0v) is 11.1. The molecular formula is C11H17BrN2O2. The summed E-state index contributed by atoms with van der Waals surface area (Å²) in [5.74, 6) is 6.31. The van der Waals surface area contributed by atoms with Gasteiger partial charge in [-0.3, -0.25) is 11.3 Å². The molecule has 0 saturated heterocycles. The van der Waals surface area contributed by atoms with Crippen LogP contribution in [0.2, 0.25) is 0 Å². The van der Waals surface area contributed by atoms with Crippen LogP contribution in [0.1, 0.15) is 5.56 Å². The summed E-state index contributed by atoms with van der Waals surface area (Å²) in [5, 5.41) is 0. The summed E-state index contributed by atoms with van der Waals surface area (Å²) < 4.78 is 11.4. The van der Waals surface area contributed by atoms with Crippen LogP contribution >= 0.6 is 15.9 Å². The molecule has 16 heavy (non-hydrogen) atoms. The smallest absolute Gasteiger partial charge is 0.122 e. The van der Waals surface area contributed by atoms with E-state index in [1.165, 1.54) is 0 Å². The van der Waals surface area contributed by atoms with Gasteiger partial charge in [-0.05, 0) is 30.2 Å². The molecule has 1 rings (SSSR count). The summed E-state index contributed by atoms with van der Waals surface area (Å²) in [6.07, 6.45) is 0.757. The van der Waals surface area contributed by atoms with Crippen molar-refractivity contribution in [3.63, 3.8) is 0 Å². The lowest BCUT2D eigenvalue weighted by atomic mass is 10.1. The molecule has 90 valence electrons. The topological polar surface area (TPSA) is 56.5 Å². The van der Waals surface area contributed by atoms with Crippen molar-refractivity contribution in [3.05, 3.63) is 28.2 Å². The highest BCUT2D eigenvalue weighted by Crippen LogP contribution is 2.24. The standard InChI is InChI=1S/C11H17BrN2O2/c1-15-7-10(14-13)6-8-5-9(12)3-4-11(8)16-2/h3-5,10,14H,6-7,13H2,1-2H3. The number of benzene rings is 1. The number of hydrogen-bond acceptors (Lipinski definition) is 4. The molecule has 1 aromatic rings. The van der Waals surface area contributed by atoms with E-state index in [0.29, 0.717) is 6.61 Å². The summed E-state index contributed by atoms with van der Waals surface area (Å²) >= 11 is 3.44. The zero-order valence-electron chi connectivity index (χ0n) is 9.50. The van der Waals surface area contributed by atoms with Gasteiger partial charge in [0.1, 0.15) is 5.75 Å².